The number of hydrogen-bond donors (Lipinski definition) is 1. The maximum absolute atomic E-state index is 13.4. The molecule has 2 aromatic rings. The van der Waals surface area contributed by atoms with E-state index in [1.165, 1.54) is 12.7 Å². The molecule has 178 valence electrons. The number of piperazine rings is 1. The molecular weight excluding hydrogens is 430 g/mol. The summed E-state index contributed by atoms with van der Waals surface area (Å²) in [5.74, 6) is 0.410. The number of carbonyl (C=O) groups excluding carboxylic acids is 2. The third-order valence-corrected chi connectivity index (χ3v) is 6.21. The molecule has 34 heavy (non-hydrogen) atoms. The number of ether oxygens (including phenoxy) is 1. The van der Waals surface area contributed by atoms with E-state index >= 15 is 0 Å². The first-order valence-corrected chi connectivity index (χ1v) is 11.5. The number of amidine groups is 1. The lowest BCUT2D eigenvalue weighted by molar-refractivity contribution is -0.132. The van der Waals surface area contributed by atoms with Crippen molar-refractivity contribution in [2.24, 2.45) is 4.99 Å². The first-order valence-electron chi connectivity index (χ1n) is 11.5. The van der Waals surface area contributed by atoms with Crippen LogP contribution in [0.15, 0.2) is 53.7 Å². The number of nitrogens with zero attached hydrogens (tertiary/aromatic N) is 4. The Balaban J connectivity index is 1.45. The van der Waals surface area contributed by atoms with E-state index in [1.807, 2.05) is 26.1 Å². The highest BCUT2D eigenvalue weighted by molar-refractivity contribution is 6.38. The summed E-state index contributed by atoms with van der Waals surface area (Å²) in [4.78, 5) is 38.8. The minimum absolute atomic E-state index is 0.154. The lowest BCUT2D eigenvalue weighted by Gasteiger charge is -2.47. The molecule has 1 aromatic carbocycles. The molecule has 1 fully saturated rings. The molecule has 0 saturated carbocycles. The van der Waals surface area contributed by atoms with Crippen molar-refractivity contribution in [3.05, 3.63) is 65.5 Å². The molecule has 2 aliphatic heterocycles. The smallest absolute Gasteiger partial charge is 0.289 e. The first kappa shape index (κ1) is 23.5. The van der Waals surface area contributed by atoms with Gasteiger partial charge in [-0.05, 0) is 44.4 Å². The average Bonchev–Trinajstić information content (AvgIpc) is 3.09. The molecule has 4 rings (SSSR count). The fourth-order valence-corrected chi connectivity index (χ4v) is 4.41. The number of methoxy groups -OCH3 is 1. The van der Waals surface area contributed by atoms with E-state index in [2.05, 4.69) is 40.4 Å². The van der Waals surface area contributed by atoms with Crippen molar-refractivity contribution in [2.45, 2.75) is 32.7 Å². The van der Waals surface area contributed by atoms with Crippen LogP contribution in [0.4, 0.5) is 0 Å². The second-order valence-corrected chi connectivity index (χ2v) is 9.22. The number of nitrogens with one attached hydrogen (secondary N) is 1. The van der Waals surface area contributed by atoms with Crippen LogP contribution in [-0.4, -0.2) is 71.3 Å². The number of benzene rings is 1. The number of amides is 2. The minimum Gasteiger partial charge on any atom is -0.481 e. The third-order valence-electron chi connectivity index (χ3n) is 6.21. The van der Waals surface area contributed by atoms with Gasteiger partial charge in [-0.15, -0.1) is 0 Å². The van der Waals surface area contributed by atoms with Crippen molar-refractivity contribution < 1.29 is 14.3 Å². The lowest BCUT2D eigenvalue weighted by atomic mass is 9.98. The summed E-state index contributed by atoms with van der Waals surface area (Å²) in [6, 6.07) is 13.4. The molecule has 0 spiro atoms. The number of pyridine rings is 1. The largest absolute Gasteiger partial charge is 0.481 e. The zero-order valence-corrected chi connectivity index (χ0v) is 20.2. The summed E-state index contributed by atoms with van der Waals surface area (Å²) >= 11 is 0. The number of aryl methyl sites for hydroxylation is 1. The van der Waals surface area contributed by atoms with E-state index in [0.29, 0.717) is 43.6 Å². The summed E-state index contributed by atoms with van der Waals surface area (Å²) in [6.07, 6.45) is 2.65. The summed E-state index contributed by atoms with van der Waals surface area (Å²) in [5.41, 5.74) is 3.21. The molecule has 3 heterocycles. The fraction of sp³-hybridized carbons (Fsp3) is 0.385. The predicted molar refractivity (Wildman–Crippen MR) is 132 cm³/mol. The first-order chi connectivity index (χ1) is 16.3. The Morgan fingerprint density at radius 3 is 2.62 bits per heavy atom. The van der Waals surface area contributed by atoms with Gasteiger partial charge in [0.25, 0.3) is 11.8 Å². The zero-order valence-electron chi connectivity index (χ0n) is 20.2. The Bertz CT molecular complexity index is 1150. The summed E-state index contributed by atoms with van der Waals surface area (Å²) < 4.78 is 5.14. The van der Waals surface area contributed by atoms with E-state index in [9.17, 15) is 9.59 Å². The molecule has 2 amide bonds. The fourth-order valence-electron chi connectivity index (χ4n) is 4.41. The Kier molecular flexibility index (Phi) is 6.68. The van der Waals surface area contributed by atoms with E-state index in [4.69, 9.17) is 4.74 Å². The molecule has 8 heteroatoms. The molecule has 1 aromatic heterocycles. The Hall–Kier alpha value is -3.68. The SMILES string of the molecule is COc1cccc(C(=O)N2CCN(C(=O)C3=NCCC(c4cccc(C)c4)=CN3)C(C)(C)C2)n1. The molecule has 1 saturated heterocycles. The molecule has 0 radical (unpaired) electrons. The number of rotatable bonds is 4. The van der Waals surface area contributed by atoms with Crippen LogP contribution in [0.1, 0.15) is 41.9 Å². The third kappa shape index (κ3) is 4.95. The molecule has 0 bridgehead atoms. The molecule has 1 N–H and O–H groups in total. The van der Waals surface area contributed by atoms with Gasteiger partial charge in [-0.2, -0.15) is 0 Å². The van der Waals surface area contributed by atoms with Crippen LogP contribution >= 0.6 is 0 Å². The molecule has 0 atom stereocenters. The van der Waals surface area contributed by atoms with Gasteiger partial charge < -0.3 is 19.9 Å². The van der Waals surface area contributed by atoms with Gasteiger partial charge in [-0.3, -0.25) is 14.6 Å². The van der Waals surface area contributed by atoms with Gasteiger partial charge in [0, 0.05) is 38.4 Å². The Labute approximate surface area is 200 Å². The summed E-state index contributed by atoms with van der Waals surface area (Å²) in [5, 5.41) is 3.15. The quantitative estimate of drug-likeness (QED) is 0.757. The predicted octanol–water partition coefficient (Wildman–Crippen LogP) is 2.89. The van der Waals surface area contributed by atoms with Gasteiger partial charge in [0.1, 0.15) is 5.69 Å². The van der Waals surface area contributed by atoms with Crippen LogP contribution in [0.5, 0.6) is 5.88 Å². The van der Waals surface area contributed by atoms with Gasteiger partial charge in [0.05, 0.1) is 12.6 Å². The monoisotopic (exact) mass is 461 g/mol. The van der Waals surface area contributed by atoms with Gasteiger partial charge in [-0.1, -0.05) is 35.9 Å². The summed E-state index contributed by atoms with van der Waals surface area (Å²) in [7, 11) is 1.52. The second-order valence-electron chi connectivity index (χ2n) is 9.22. The van der Waals surface area contributed by atoms with Crippen LogP contribution in [-0.2, 0) is 4.79 Å². The average molecular weight is 462 g/mol. The van der Waals surface area contributed by atoms with Crippen molar-refractivity contribution in [2.75, 3.05) is 33.3 Å². The standard InChI is InChI=1S/C26H31N5O3/c1-18-7-5-8-19(15-18)20-11-12-27-23(28-16-20)25(33)31-14-13-30(17-26(31,2)3)24(32)21-9-6-10-22(29-21)34-4/h5-10,15-16H,11-14,17H2,1-4H3,(H,27,28). The van der Waals surface area contributed by atoms with Crippen molar-refractivity contribution >= 4 is 23.2 Å². The van der Waals surface area contributed by atoms with Gasteiger partial charge in [0.15, 0.2) is 5.84 Å². The van der Waals surface area contributed by atoms with Crippen LogP contribution in [0.2, 0.25) is 0 Å². The highest BCUT2D eigenvalue weighted by Gasteiger charge is 2.40. The highest BCUT2D eigenvalue weighted by Crippen LogP contribution is 2.24. The van der Waals surface area contributed by atoms with Crippen molar-refractivity contribution in [1.29, 1.82) is 0 Å². The summed E-state index contributed by atoms with van der Waals surface area (Å²) in [6.45, 7) is 7.77. The van der Waals surface area contributed by atoms with Gasteiger partial charge >= 0.3 is 0 Å². The van der Waals surface area contributed by atoms with Crippen LogP contribution < -0.4 is 10.1 Å². The van der Waals surface area contributed by atoms with Crippen LogP contribution in [0.3, 0.4) is 0 Å². The zero-order chi connectivity index (χ0) is 24.3. The number of carbonyl (C=O) groups is 2. The van der Waals surface area contributed by atoms with E-state index in [1.54, 1.807) is 28.0 Å². The maximum atomic E-state index is 13.4. The second kappa shape index (κ2) is 9.67. The van der Waals surface area contributed by atoms with E-state index < -0.39 is 5.54 Å². The van der Waals surface area contributed by atoms with Crippen LogP contribution in [0.25, 0.3) is 5.57 Å². The topological polar surface area (TPSA) is 87.1 Å². The molecule has 0 unspecified atom stereocenters. The molecular formula is C26H31N5O3. The van der Waals surface area contributed by atoms with Crippen LogP contribution in [0, 0.1) is 6.92 Å². The normalized spacial score (nSPS) is 17.8. The molecule has 2 aliphatic rings. The number of aliphatic imine (C=N–C) groups is 1. The number of hydrogen-bond acceptors (Lipinski definition) is 6. The van der Waals surface area contributed by atoms with E-state index in [-0.39, 0.29) is 11.8 Å². The van der Waals surface area contributed by atoms with Crippen molar-refractivity contribution in [3.63, 3.8) is 0 Å². The molecule has 0 aliphatic carbocycles. The van der Waals surface area contributed by atoms with Gasteiger partial charge in [-0.25, -0.2) is 4.98 Å². The van der Waals surface area contributed by atoms with Gasteiger partial charge in [0.2, 0.25) is 5.88 Å². The Morgan fingerprint density at radius 2 is 1.88 bits per heavy atom. The minimum atomic E-state index is -0.566. The van der Waals surface area contributed by atoms with E-state index in [0.717, 1.165) is 17.6 Å². The highest BCUT2D eigenvalue weighted by atomic mass is 16.5. The maximum Gasteiger partial charge on any atom is 0.289 e. The Morgan fingerprint density at radius 1 is 1.09 bits per heavy atom. The van der Waals surface area contributed by atoms with Crippen molar-refractivity contribution in [3.8, 4) is 5.88 Å². The van der Waals surface area contributed by atoms with Crippen molar-refractivity contribution in [1.82, 2.24) is 20.1 Å². The number of aromatic nitrogens is 1. The lowest BCUT2D eigenvalue weighted by Crippen LogP contribution is -2.64. The molecule has 8 nitrogen and oxygen atoms in total.